The van der Waals surface area contributed by atoms with E-state index in [0.717, 1.165) is 5.56 Å². The van der Waals surface area contributed by atoms with Crippen molar-refractivity contribution in [3.05, 3.63) is 101 Å². The first-order valence-electron chi connectivity index (χ1n) is 9.89. The number of rotatable bonds is 5. The first-order valence-corrected chi connectivity index (χ1v) is 10.7. The number of aromatic nitrogens is 1. The van der Waals surface area contributed by atoms with Gasteiger partial charge in [-0.2, -0.15) is 0 Å². The highest BCUT2D eigenvalue weighted by Gasteiger charge is 2.31. The van der Waals surface area contributed by atoms with Gasteiger partial charge in [-0.1, -0.05) is 53.8 Å². The molecule has 0 aliphatic carbocycles. The molecule has 2 heterocycles. The van der Waals surface area contributed by atoms with Crippen molar-refractivity contribution in [3.63, 3.8) is 0 Å². The molecule has 4 rings (SSSR count). The van der Waals surface area contributed by atoms with Crippen LogP contribution in [0.2, 0.25) is 0 Å². The van der Waals surface area contributed by atoms with Crippen LogP contribution in [0.5, 0.6) is 0 Å². The molecule has 0 amide bonds. The zero-order chi connectivity index (χ0) is 22.8. The van der Waals surface area contributed by atoms with Gasteiger partial charge in [-0.15, -0.1) is 0 Å². The lowest BCUT2D eigenvalue weighted by atomic mass is 9.97. The van der Waals surface area contributed by atoms with Crippen LogP contribution in [0.4, 0.5) is 5.69 Å². The minimum atomic E-state index is -0.598. The van der Waals surface area contributed by atoms with E-state index in [9.17, 15) is 19.7 Å². The Kier molecular flexibility index (Phi) is 5.83. The molecule has 32 heavy (non-hydrogen) atoms. The Morgan fingerprint density at radius 2 is 2.00 bits per heavy atom. The van der Waals surface area contributed by atoms with Crippen molar-refractivity contribution < 1.29 is 14.5 Å². The molecular weight excluding hydrogens is 430 g/mol. The minimum Gasteiger partial charge on any atom is -0.463 e. The van der Waals surface area contributed by atoms with E-state index in [1.165, 1.54) is 28.0 Å². The highest BCUT2D eigenvalue weighted by molar-refractivity contribution is 7.07. The number of hydrogen-bond donors (Lipinski definition) is 0. The molecule has 0 bridgehead atoms. The third-order valence-corrected chi connectivity index (χ3v) is 6.02. The van der Waals surface area contributed by atoms with E-state index in [1.54, 1.807) is 32.1 Å². The van der Waals surface area contributed by atoms with Crippen molar-refractivity contribution in [2.75, 3.05) is 6.61 Å². The molecule has 1 atom stereocenters. The molecule has 0 saturated heterocycles. The van der Waals surface area contributed by atoms with Gasteiger partial charge in [0.2, 0.25) is 0 Å². The Morgan fingerprint density at radius 3 is 2.69 bits per heavy atom. The Morgan fingerprint density at radius 1 is 1.25 bits per heavy atom. The summed E-state index contributed by atoms with van der Waals surface area (Å²) in [5.74, 6) is -0.518. The second kappa shape index (κ2) is 8.72. The van der Waals surface area contributed by atoms with Crippen LogP contribution in [0, 0.1) is 10.1 Å². The number of carbonyl (C=O) groups excluding carboxylic acids is 1. The topological polar surface area (TPSA) is 104 Å². The van der Waals surface area contributed by atoms with Crippen LogP contribution >= 0.6 is 11.3 Å². The van der Waals surface area contributed by atoms with E-state index in [2.05, 4.69) is 0 Å². The summed E-state index contributed by atoms with van der Waals surface area (Å²) < 4.78 is 7.02. The quantitative estimate of drug-likeness (QED) is 0.338. The first-order chi connectivity index (χ1) is 15.4. The summed E-state index contributed by atoms with van der Waals surface area (Å²) in [7, 11) is 0. The number of hydrogen-bond acceptors (Lipinski definition) is 7. The van der Waals surface area contributed by atoms with E-state index in [1.807, 2.05) is 30.3 Å². The van der Waals surface area contributed by atoms with Crippen LogP contribution < -0.4 is 14.9 Å². The molecule has 1 aliphatic rings. The van der Waals surface area contributed by atoms with Crippen LogP contribution in [0.15, 0.2) is 70.0 Å². The minimum absolute atomic E-state index is 0.0605. The van der Waals surface area contributed by atoms with E-state index in [-0.39, 0.29) is 17.9 Å². The van der Waals surface area contributed by atoms with Crippen molar-refractivity contribution in [2.24, 2.45) is 4.99 Å². The molecule has 0 N–H and O–H groups in total. The molecule has 0 unspecified atom stereocenters. The summed E-state index contributed by atoms with van der Waals surface area (Å²) >= 11 is 1.17. The van der Waals surface area contributed by atoms with Crippen molar-refractivity contribution in [2.45, 2.75) is 19.9 Å². The maximum Gasteiger partial charge on any atom is 0.338 e. The molecular formula is C23H19N3O5S. The van der Waals surface area contributed by atoms with Crippen molar-refractivity contribution in [1.29, 1.82) is 0 Å². The third kappa shape index (κ3) is 3.90. The van der Waals surface area contributed by atoms with Crippen molar-refractivity contribution in [1.82, 2.24) is 4.57 Å². The number of nitrogens with zero attached hydrogens (tertiary/aromatic N) is 3. The highest BCUT2D eigenvalue weighted by atomic mass is 32.1. The zero-order valence-corrected chi connectivity index (χ0v) is 18.2. The fourth-order valence-corrected chi connectivity index (χ4v) is 4.61. The van der Waals surface area contributed by atoms with E-state index in [4.69, 9.17) is 9.73 Å². The molecule has 1 aliphatic heterocycles. The molecule has 3 aromatic rings. The van der Waals surface area contributed by atoms with Gasteiger partial charge in [0, 0.05) is 17.8 Å². The largest absolute Gasteiger partial charge is 0.463 e. The van der Waals surface area contributed by atoms with Crippen LogP contribution in [0.25, 0.3) is 11.8 Å². The third-order valence-electron chi connectivity index (χ3n) is 5.03. The van der Waals surface area contributed by atoms with Gasteiger partial charge in [-0.05, 0) is 31.1 Å². The lowest BCUT2D eigenvalue weighted by Gasteiger charge is -2.22. The number of carbonyl (C=O) groups is 1. The number of fused-ring (bicyclic) bond motifs is 1. The number of allylic oxidation sites excluding steroid dienone is 1. The normalized spacial score (nSPS) is 15.8. The van der Waals surface area contributed by atoms with Gasteiger partial charge in [-0.3, -0.25) is 19.5 Å². The van der Waals surface area contributed by atoms with Crippen LogP contribution in [0.3, 0.4) is 0 Å². The molecule has 9 heteroatoms. The molecule has 0 saturated carbocycles. The molecule has 0 fully saturated rings. The average Bonchev–Trinajstić information content (AvgIpc) is 3.09. The fraction of sp³-hybridized carbons (Fsp3) is 0.174. The smallest absolute Gasteiger partial charge is 0.338 e. The molecule has 0 spiro atoms. The Bertz CT molecular complexity index is 1420. The van der Waals surface area contributed by atoms with Gasteiger partial charge in [0.1, 0.15) is 6.04 Å². The number of benzene rings is 2. The van der Waals surface area contributed by atoms with E-state index >= 15 is 0 Å². The summed E-state index contributed by atoms with van der Waals surface area (Å²) in [6.45, 7) is 3.62. The van der Waals surface area contributed by atoms with Crippen LogP contribution in [0.1, 0.15) is 31.0 Å². The van der Waals surface area contributed by atoms with E-state index in [0.29, 0.717) is 26.2 Å². The Hall–Kier alpha value is -3.85. The maximum absolute atomic E-state index is 13.2. The number of thiazole rings is 1. The summed E-state index contributed by atoms with van der Waals surface area (Å²) in [5.41, 5.74) is 1.71. The van der Waals surface area contributed by atoms with Crippen LogP contribution in [-0.2, 0) is 9.53 Å². The number of esters is 1. The van der Waals surface area contributed by atoms with Gasteiger partial charge in [0.15, 0.2) is 4.80 Å². The summed E-state index contributed by atoms with van der Waals surface area (Å²) in [5, 5.41) is 11.1. The average molecular weight is 449 g/mol. The second-order valence-electron chi connectivity index (χ2n) is 7.05. The van der Waals surface area contributed by atoms with E-state index < -0.39 is 16.9 Å². The Labute approximate surface area is 186 Å². The van der Waals surface area contributed by atoms with Crippen LogP contribution in [-0.4, -0.2) is 22.1 Å². The molecule has 2 aromatic carbocycles. The number of nitro benzene ring substituents is 1. The number of ether oxygens (including phenoxy) is 1. The fourth-order valence-electron chi connectivity index (χ4n) is 3.57. The predicted molar refractivity (Wildman–Crippen MR) is 121 cm³/mol. The standard InChI is InChI=1S/C23H19N3O5S/c1-3-31-22(28)19-14(2)25-21(27)18(13-15-8-7-11-17(12-15)26(29)30)32-23(25)24-20(19)16-9-5-4-6-10-16/h4-13,20H,3H2,1-2H3/b18-13-/t20-/m1/s1. The SMILES string of the molecule is CCOC(=O)C1=C(C)n2c(s/c(=C\c3cccc([N+](=O)[O-])c3)c2=O)=N[C@@H]1c1ccccc1. The molecule has 1 aromatic heterocycles. The van der Waals surface area contributed by atoms with Gasteiger partial charge in [-0.25, -0.2) is 9.79 Å². The zero-order valence-electron chi connectivity index (χ0n) is 17.3. The van der Waals surface area contributed by atoms with Crippen molar-refractivity contribution in [3.8, 4) is 0 Å². The Balaban J connectivity index is 1.93. The lowest BCUT2D eigenvalue weighted by molar-refractivity contribution is -0.384. The van der Waals surface area contributed by atoms with Gasteiger partial charge in [0.05, 0.1) is 21.6 Å². The monoisotopic (exact) mass is 449 g/mol. The summed E-state index contributed by atoms with van der Waals surface area (Å²) in [6.07, 6.45) is 1.59. The molecule has 162 valence electrons. The van der Waals surface area contributed by atoms with Gasteiger partial charge < -0.3 is 4.74 Å². The predicted octanol–water partition coefficient (Wildman–Crippen LogP) is 2.82. The summed E-state index contributed by atoms with van der Waals surface area (Å²) in [4.78, 5) is 41.7. The maximum atomic E-state index is 13.2. The van der Waals surface area contributed by atoms with Gasteiger partial charge >= 0.3 is 5.97 Å². The summed E-state index contributed by atoms with van der Waals surface area (Å²) in [6, 6.07) is 14.8. The van der Waals surface area contributed by atoms with Crippen molar-refractivity contribution >= 4 is 34.8 Å². The highest BCUT2D eigenvalue weighted by Crippen LogP contribution is 2.32. The lowest BCUT2D eigenvalue weighted by Crippen LogP contribution is -2.35. The molecule has 0 radical (unpaired) electrons. The molecule has 8 nitrogen and oxygen atoms in total. The number of nitro groups is 1. The first kappa shape index (κ1) is 21.4. The number of non-ortho nitro benzene ring substituents is 1. The second-order valence-corrected chi connectivity index (χ2v) is 8.06. The van der Waals surface area contributed by atoms with Gasteiger partial charge in [0.25, 0.3) is 11.2 Å².